The zero-order valence-corrected chi connectivity index (χ0v) is 12.7. The molecule has 1 fully saturated rings. The number of carboxylic acid groups (broad SMARTS) is 1. The molecule has 1 aliphatic rings. The summed E-state index contributed by atoms with van der Waals surface area (Å²) in [4.78, 5) is 25.1. The van der Waals surface area contributed by atoms with E-state index in [1.807, 2.05) is 20.8 Å². The number of hydrogen-bond acceptors (Lipinski definition) is 4. The van der Waals surface area contributed by atoms with Crippen LogP contribution < -0.4 is 10.6 Å². The van der Waals surface area contributed by atoms with Crippen LogP contribution in [0.3, 0.4) is 0 Å². The highest BCUT2D eigenvalue weighted by Crippen LogP contribution is 2.21. The number of aliphatic carboxylic acids is 1. The minimum Gasteiger partial charge on any atom is -0.481 e. The number of nitrogens with zero attached hydrogens (tertiary/aromatic N) is 1. The Bertz CT molecular complexity index is 331. The van der Waals surface area contributed by atoms with Crippen LogP contribution in [0.25, 0.3) is 0 Å². The summed E-state index contributed by atoms with van der Waals surface area (Å²) in [6.07, 6.45) is 0.988. The van der Waals surface area contributed by atoms with Crippen molar-refractivity contribution in [3.8, 4) is 0 Å². The molecule has 1 atom stereocenters. The van der Waals surface area contributed by atoms with Crippen molar-refractivity contribution in [3.63, 3.8) is 0 Å². The molecule has 0 aromatic carbocycles. The third-order valence-electron chi connectivity index (χ3n) is 3.56. The largest absolute Gasteiger partial charge is 0.481 e. The molecule has 20 heavy (non-hydrogen) atoms. The summed E-state index contributed by atoms with van der Waals surface area (Å²) < 4.78 is 0. The molecule has 116 valence electrons. The highest BCUT2D eigenvalue weighted by Gasteiger charge is 2.28. The lowest BCUT2D eigenvalue weighted by Gasteiger charge is -2.31. The smallest absolute Gasteiger partial charge is 0.305 e. The molecule has 0 aromatic rings. The molecule has 6 nitrogen and oxygen atoms in total. The summed E-state index contributed by atoms with van der Waals surface area (Å²) in [6, 6.07) is -0.349. The number of rotatable bonds is 5. The summed E-state index contributed by atoms with van der Waals surface area (Å²) in [5, 5.41) is 15.1. The van der Waals surface area contributed by atoms with Crippen LogP contribution in [0.4, 0.5) is 0 Å². The van der Waals surface area contributed by atoms with Gasteiger partial charge < -0.3 is 15.7 Å². The Morgan fingerprint density at radius 1 is 1.30 bits per heavy atom. The predicted octanol–water partition coefficient (Wildman–Crippen LogP) is 0.287. The van der Waals surface area contributed by atoms with E-state index in [4.69, 9.17) is 5.11 Å². The first kappa shape index (κ1) is 16.9. The lowest BCUT2D eigenvalue weighted by Crippen LogP contribution is -2.48. The van der Waals surface area contributed by atoms with Gasteiger partial charge in [0.15, 0.2) is 0 Å². The summed E-state index contributed by atoms with van der Waals surface area (Å²) in [5.74, 6) is -0.975. The number of amides is 1. The standard InChI is InChI=1S/C14H27N3O3/c1-14(2,3)11(9-13(19)20)16-12(18)10-17-7-4-5-15-6-8-17/h11,15H,4-10H2,1-3H3,(H,16,18)(H,19,20). The Morgan fingerprint density at radius 3 is 2.60 bits per heavy atom. The van der Waals surface area contributed by atoms with Crippen LogP contribution in [-0.4, -0.2) is 60.6 Å². The lowest BCUT2D eigenvalue weighted by atomic mass is 9.84. The fourth-order valence-electron chi connectivity index (χ4n) is 2.25. The van der Waals surface area contributed by atoms with Crippen LogP contribution in [0, 0.1) is 5.41 Å². The third-order valence-corrected chi connectivity index (χ3v) is 3.56. The summed E-state index contributed by atoms with van der Waals surface area (Å²) >= 11 is 0. The molecular weight excluding hydrogens is 258 g/mol. The Balaban J connectivity index is 2.50. The van der Waals surface area contributed by atoms with Crippen LogP contribution in [-0.2, 0) is 9.59 Å². The van der Waals surface area contributed by atoms with E-state index in [9.17, 15) is 9.59 Å². The van der Waals surface area contributed by atoms with E-state index in [1.165, 1.54) is 0 Å². The fourth-order valence-corrected chi connectivity index (χ4v) is 2.25. The summed E-state index contributed by atoms with van der Waals surface area (Å²) in [5.41, 5.74) is -0.269. The van der Waals surface area contributed by atoms with Crippen LogP contribution in [0.2, 0.25) is 0 Å². The van der Waals surface area contributed by atoms with Crippen molar-refractivity contribution < 1.29 is 14.7 Å². The van der Waals surface area contributed by atoms with E-state index >= 15 is 0 Å². The van der Waals surface area contributed by atoms with Crippen LogP contribution in [0.15, 0.2) is 0 Å². The molecule has 0 aromatic heterocycles. The number of carbonyl (C=O) groups is 2. The average Bonchev–Trinajstić information content (AvgIpc) is 2.54. The normalized spacial score (nSPS) is 19.1. The molecule has 1 saturated heterocycles. The van der Waals surface area contributed by atoms with Gasteiger partial charge >= 0.3 is 5.97 Å². The van der Waals surface area contributed by atoms with E-state index in [-0.39, 0.29) is 23.8 Å². The highest BCUT2D eigenvalue weighted by atomic mass is 16.4. The van der Waals surface area contributed by atoms with Crippen molar-refractivity contribution in [1.82, 2.24) is 15.5 Å². The van der Waals surface area contributed by atoms with Crippen LogP contribution in [0.5, 0.6) is 0 Å². The van der Waals surface area contributed by atoms with Crippen molar-refractivity contribution in [2.45, 2.75) is 39.7 Å². The maximum absolute atomic E-state index is 12.1. The van der Waals surface area contributed by atoms with Crippen LogP contribution >= 0.6 is 0 Å². The molecule has 6 heteroatoms. The second-order valence-corrected chi connectivity index (χ2v) is 6.46. The SMILES string of the molecule is CC(C)(C)C(CC(=O)O)NC(=O)CN1CCCNCC1. The Hall–Kier alpha value is -1.14. The topological polar surface area (TPSA) is 81.7 Å². The first-order valence-electron chi connectivity index (χ1n) is 7.23. The third kappa shape index (κ3) is 6.34. The molecule has 0 bridgehead atoms. The number of nitrogens with one attached hydrogen (secondary N) is 2. The average molecular weight is 285 g/mol. The summed E-state index contributed by atoms with van der Waals surface area (Å²) in [6.45, 7) is 9.80. The maximum atomic E-state index is 12.1. The molecule has 1 amide bonds. The van der Waals surface area contributed by atoms with Crippen molar-refractivity contribution in [2.24, 2.45) is 5.41 Å². The van der Waals surface area contributed by atoms with Gasteiger partial charge in [0, 0.05) is 19.1 Å². The van der Waals surface area contributed by atoms with Gasteiger partial charge in [-0.2, -0.15) is 0 Å². The van der Waals surface area contributed by atoms with Gasteiger partial charge in [0.2, 0.25) is 5.91 Å². The zero-order chi connectivity index (χ0) is 15.2. The van der Waals surface area contributed by atoms with Crippen LogP contribution in [0.1, 0.15) is 33.6 Å². The molecule has 0 aliphatic carbocycles. The quantitative estimate of drug-likeness (QED) is 0.676. The van der Waals surface area contributed by atoms with E-state index in [0.717, 1.165) is 32.6 Å². The minimum atomic E-state index is -0.885. The Kier molecular flexibility index (Phi) is 6.42. The molecule has 0 saturated carbocycles. The van der Waals surface area contributed by atoms with Gasteiger partial charge in [-0.25, -0.2) is 0 Å². The Morgan fingerprint density at radius 2 is 2.00 bits per heavy atom. The number of hydrogen-bond donors (Lipinski definition) is 3. The molecular formula is C14H27N3O3. The van der Waals surface area contributed by atoms with E-state index in [0.29, 0.717) is 6.54 Å². The van der Waals surface area contributed by atoms with E-state index < -0.39 is 5.97 Å². The van der Waals surface area contributed by atoms with Gasteiger partial charge in [0.25, 0.3) is 0 Å². The van der Waals surface area contributed by atoms with Crippen molar-refractivity contribution >= 4 is 11.9 Å². The Labute approximate surface area is 120 Å². The molecule has 1 rings (SSSR count). The summed E-state index contributed by atoms with van der Waals surface area (Å²) in [7, 11) is 0. The molecule has 1 unspecified atom stereocenters. The number of carboxylic acids is 1. The molecule has 0 spiro atoms. The van der Waals surface area contributed by atoms with Crippen molar-refractivity contribution in [1.29, 1.82) is 0 Å². The first-order chi connectivity index (χ1) is 9.29. The molecule has 1 aliphatic heterocycles. The lowest BCUT2D eigenvalue weighted by molar-refractivity contribution is -0.138. The monoisotopic (exact) mass is 285 g/mol. The molecule has 3 N–H and O–H groups in total. The van der Waals surface area contributed by atoms with Gasteiger partial charge in [-0.15, -0.1) is 0 Å². The van der Waals surface area contributed by atoms with E-state index in [1.54, 1.807) is 0 Å². The minimum absolute atomic E-state index is 0.0448. The highest BCUT2D eigenvalue weighted by molar-refractivity contribution is 5.79. The maximum Gasteiger partial charge on any atom is 0.305 e. The van der Waals surface area contributed by atoms with Gasteiger partial charge in [0.05, 0.1) is 13.0 Å². The van der Waals surface area contributed by atoms with Crippen molar-refractivity contribution in [3.05, 3.63) is 0 Å². The van der Waals surface area contributed by atoms with Gasteiger partial charge in [-0.3, -0.25) is 14.5 Å². The molecule has 1 heterocycles. The zero-order valence-electron chi connectivity index (χ0n) is 12.7. The number of carbonyl (C=O) groups excluding carboxylic acids is 1. The molecule has 0 radical (unpaired) electrons. The fraction of sp³-hybridized carbons (Fsp3) is 0.857. The second-order valence-electron chi connectivity index (χ2n) is 6.46. The second kappa shape index (κ2) is 7.59. The van der Waals surface area contributed by atoms with Gasteiger partial charge in [-0.05, 0) is 24.9 Å². The van der Waals surface area contributed by atoms with Gasteiger partial charge in [0.1, 0.15) is 0 Å². The van der Waals surface area contributed by atoms with E-state index in [2.05, 4.69) is 15.5 Å². The first-order valence-corrected chi connectivity index (χ1v) is 7.23. The van der Waals surface area contributed by atoms with Gasteiger partial charge in [-0.1, -0.05) is 20.8 Å². The predicted molar refractivity (Wildman–Crippen MR) is 77.6 cm³/mol. The van der Waals surface area contributed by atoms with Crippen molar-refractivity contribution in [2.75, 3.05) is 32.7 Å².